The Morgan fingerprint density at radius 1 is 1.20 bits per heavy atom. The van der Waals surface area contributed by atoms with Crippen LogP contribution in [0, 0.1) is 0 Å². The minimum absolute atomic E-state index is 0.529. The molecule has 0 heterocycles. The molecule has 0 fully saturated rings. The van der Waals surface area contributed by atoms with Gasteiger partial charge in [-0.15, -0.1) is 6.58 Å². The van der Waals surface area contributed by atoms with Crippen LogP contribution < -0.4 is 0 Å². The zero-order chi connectivity index (χ0) is 18.7. The molecule has 1 atom stereocenters. The predicted molar refractivity (Wildman–Crippen MR) is 113 cm³/mol. The van der Waals surface area contributed by atoms with Crippen LogP contribution in [-0.2, 0) is 0 Å². The van der Waals surface area contributed by atoms with Crippen molar-refractivity contribution in [2.75, 3.05) is 20.1 Å². The summed E-state index contributed by atoms with van der Waals surface area (Å²) in [5, 5.41) is 10.3. The Morgan fingerprint density at radius 2 is 1.88 bits per heavy atom. The van der Waals surface area contributed by atoms with Crippen LogP contribution in [0.2, 0.25) is 0 Å². The molecular weight excluding hydrogens is 374 g/mol. The van der Waals surface area contributed by atoms with Crippen LogP contribution in [0.25, 0.3) is 0 Å². The van der Waals surface area contributed by atoms with E-state index in [2.05, 4.69) is 54.4 Å². The lowest BCUT2D eigenvalue weighted by atomic mass is 10.0. The van der Waals surface area contributed by atoms with Gasteiger partial charge in [-0.3, -0.25) is 0 Å². The summed E-state index contributed by atoms with van der Waals surface area (Å²) in [7, 11) is 2.13. The van der Waals surface area contributed by atoms with E-state index in [0.717, 1.165) is 42.4 Å². The maximum Gasteiger partial charge on any atom is 0.0974 e. The van der Waals surface area contributed by atoms with Crippen molar-refractivity contribution in [3.8, 4) is 0 Å². The van der Waals surface area contributed by atoms with Crippen molar-refractivity contribution in [2.45, 2.75) is 45.6 Å². The fourth-order valence-corrected chi connectivity index (χ4v) is 2.96. The molecule has 0 aromatic heterocycles. The molecule has 0 radical (unpaired) electrons. The van der Waals surface area contributed by atoms with Gasteiger partial charge in [-0.1, -0.05) is 57.4 Å². The van der Waals surface area contributed by atoms with Gasteiger partial charge in [-0.05, 0) is 70.8 Å². The molecule has 0 aliphatic heterocycles. The molecule has 2 nitrogen and oxygen atoms in total. The molecule has 1 N–H and O–H groups in total. The highest BCUT2D eigenvalue weighted by molar-refractivity contribution is 9.10. The summed E-state index contributed by atoms with van der Waals surface area (Å²) in [6.07, 6.45) is 10.0. The number of hydrogen-bond donors (Lipinski definition) is 1. The molecule has 1 aromatic rings. The molecule has 0 spiro atoms. The van der Waals surface area contributed by atoms with Gasteiger partial charge in [0.1, 0.15) is 0 Å². The second kappa shape index (κ2) is 12.2. The second-order valence-electron chi connectivity index (χ2n) is 6.75. The van der Waals surface area contributed by atoms with Crippen molar-refractivity contribution in [3.63, 3.8) is 0 Å². The van der Waals surface area contributed by atoms with Gasteiger partial charge in [0.2, 0.25) is 0 Å². The number of aliphatic hydroxyl groups excluding tert-OH is 1. The first-order valence-electron chi connectivity index (χ1n) is 8.98. The van der Waals surface area contributed by atoms with Crippen LogP contribution in [0.5, 0.6) is 0 Å². The van der Waals surface area contributed by atoms with E-state index in [1.165, 1.54) is 17.6 Å². The molecule has 138 valence electrons. The standard InChI is InChI=1S/C22H32BrNO/c1-5-15-24(4)16-7-10-18(2)8-6-9-19(3)17-22(25)20-11-13-21(23)14-12-20/h5,8,11-14,17,22,25H,1,6-7,9-10,15-16H2,2-4H3/b18-8+,19-17+. The maximum atomic E-state index is 10.3. The number of benzene rings is 1. The normalized spacial score (nSPS) is 14.0. The molecule has 0 saturated carbocycles. The smallest absolute Gasteiger partial charge is 0.0974 e. The van der Waals surface area contributed by atoms with Crippen LogP contribution in [0.3, 0.4) is 0 Å². The number of hydrogen-bond acceptors (Lipinski definition) is 2. The fraction of sp³-hybridized carbons (Fsp3) is 0.455. The predicted octanol–water partition coefficient (Wildman–Crippen LogP) is 6.05. The largest absolute Gasteiger partial charge is 0.384 e. The number of aliphatic hydroxyl groups is 1. The van der Waals surface area contributed by atoms with E-state index in [9.17, 15) is 5.11 Å². The van der Waals surface area contributed by atoms with E-state index in [-0.39, 0.29) is 0 Å². The molecule has 0 bridgehead atoms. The number of allylic oxidation sites excluding steroid dienone is 3. The van der Waals surface area contributed by atoms with Crippen LogP contribution in [0.1, 0.15) is 51.2 Å². The Balaban J connectivity index is 2.35. The Bertz CT molecular complexity index is 574. The summed E-state index contributed by atoms with van der Waals surface area (Å²) in [5.41, 5.74) is 3.61. The summed E-state index contributed by atoms with van der Waals surface area (Å²) in [4.78, 5) is 2.29. The lowest BCUT2D eigenvalue weighted by Gasteiger charge is -2.13. The third-order valence-corrected chi connectivity index (χ3v) is 4.77. The van der Waals surface area contributed by atoms with Crippen LogP contribution in [0.4, 0.5) is 0 Å². The van der Waals surface area contributed by atoms with E-state index in [0.29, 0.717) is 0 Å². The molecule has 3 heteroatoms. The van der Waals surface area contributed by atoms with Crippen molar-refractivity contribution in [1.29, 1.82) is 0 Å². The molecule has 25 heavy (non-hydrogen) atoms. The Hall–Kier alpha value is -1.16. The summed E-state index contributed by atoms with van der Waals surface area (Å²) in [6, 6.07) is 7.82. The number of nitrogens with zero attached hydrogens (tertiary/aromatic N) is 1. The van der Waals surface area contributed by atoms with E-state index in [1.54, 1.807) is 0 Å². The molecule has 0 aliphatic rings. The lowest BCUT2D eigenvalue weighted by molar-refractivity contribution is 0.227. The van der Waals surface area contributed by atoms with Crippen molar-refractivity contribution in [2.24, 2.45) is 0 Å². The fourth-order valence-electron chi connectivity index (χ4n) is 2.70. The first kappa shape index (κ1) is 21.9. The summed E-state index contributed by atoms with van der Waals surface area (Å²) in [5.74, 6) is 0. The van der Waals surface area contributed by atoms with Gasteiger partial charge >= 0.3 is 0 Å². The lowest BCUT2D eigenvalue weighted by Crippen LogP contribution is -2.19. The zero-order valence-corrected chi connectivity index (χ0v) is 17.4. The van der Waals surface area contributed by atoms with E-state index in [4.69, 9.17) is 0 Å². The number of likely N-dealkylation sites (N-methyl/N-ethyl adjacent to an activating group) is 1. The maximum absolute atomic E-state index is 10.3. The van der Waals surface area contributed by atoms with Gasteiger partial charge in [0.05, 0.1) is 6.10 Å². The molecule has 1 aromatic carbocycles. The van der Waals surface area contributed by atoms with Gasteiger partial charge < -0.3 is 10.0 Å². The average Bonchev–Trinajstić information content (AvgIpc) is 2.55. The van der Waals surface area contributed by atoms with Crippen molar-refractivity contribution in [3.05, 3.63) is 70.3 Å². The Labute approximate surface area is 162 Å². The molecule has 0 amide bonds. The van der Waals surface area contributed by atoms with Crippen LogP contribution in [-0.4, -0.2) is 30.1 Å². The molecule has 1 rings (SSSR count). The van der Waals surface area contributed by atoms with Gasteiger partial charge in [0, 0.05) is 11.0 Å². The van der Waals surface area contributed by atoms with E-state index >= 15 is 0 Å². The number of halogens is 1. The third kappa shape index (κ3) is 9.78. The summed E-state index contributed by atoms with van der Waals surface area (Å²) < 4.78 is 1.03. The third-order valence-electron chi connectivity index (χ3n) is 4.24. The monoisotopic (exact) mass is 405 g/mol. The second-order valence-corrected chi connectivity index (χ2v) is 7.67. The van der Waals surface area contributed by atoms with E-state index in [1.807, 2.05) is 36.4 Å². The first-order chi connectivity index (χ1) is 11.9. The highest BCUT2D eigenvalue weighted by atomic mass is 79.9. The Kier molecular flexibility index (Phi) is 10.7. The summed E-state index contributed by atoms with van der Waals surface area (Å²) in [6.45, 7) is 10.1. The average molecular weight is 406 g/mol. The first-order valence-corrected chi connectivity index (χ1v) is 9.77. The summed E-state index contributed by atoms with van der Waals surface area (Å²) >= 11 is 3.42. The van der Waals surface area contributed by atoms with Crippen LogP contribution >= 0.6 is 15.9 Å². The molecular formula is C22H32BrNO. The SMILES string of the molecule is C=CCN(C)CCC/C(C)=C/CC/C(C)=C/C(O)c1ccc(Br)cc1. The topological polar surface area (TPSA) is 23.5 Å². The minimum atomic E-state index is -0.529. The highest BCUT2D eigenvalue weighted by Gasteiger charge is 2.04. The highest BCUT2D eigenvalue weighted by Crippen LogP contribution is 2.20. The van der Waals surface area contributed by atoms with E-state index < -0.39 is 6.10 Å². The van der Waals surface area contributed by atoms with Gasteiger partial charge in [-0.2, -0.15) is 0 Å². The minimum Gasteiger partial charge on any atom is -0.384 e. The molecule has 1 unspecified atom stereocenters. The van der Waals surface area contributed by atoms with Crippen molar-refractivity contribution in [1.82, 2.24) is 4.90 Å². The zero-order valence-electron chi connectivity index (χ0n) is 15.8. The molecule has 0 aliphatic carbocycles. The number of rotatable bonds is 11. The Morgan fingerprint density at radius 3 is 2.52 bits per heavy atom. The quantitative estimate of drug-likeness (QED) is 0.452. The van der Waals surface area contributed by atoms with Gasteiger partial charge in [0.15, 0.2) is 0 Å². The van der Waals surface area contributed by atoms with Crippen molar-refractivity contribution >= 4 is 15.9 Å². The van der Waals surface area contributed by atoms with Crippen molar-refractivity contribution < 1.29 is 5.11 Å². The van der Waals surface area contributed by atoms with Crippen LogP contribution in [0.15, 0.2) is 64.7 Å². The van der Waals surface area contributed by atoms with Gasteiger partial charge in [0.25, 0.3) is 0 Å². The molecule has 0 saturated heterocycles. The van der Waals surface area contributed by atoms with Gasteiger partial charge in [-0.25, -0.2) is 0 Å².